The Morgan fingerprint density at radius 3 is 2.45 bits per heavy atom. The van der Waals surface area contributed by atoms with Crippen molar-refractivity contribution >= 4 is 11.6 Å². The summed E-state index contributed by atoms with van der Waals surface area (Å²) in [6.07, 6.45) is 0.421. The maximum absolute atomic E-state index is 12.1. The molecule has 2 aromatic carbocycles. The van der Waals surface area contributed by atoms with Gasteiger partial charge in [-0.2, -0.15) is 0 Å². The third-order valence-electron chi connectivity index (χ3n) is 3.01. The number of amides is 1. The van der Waals surface area contributed by atoms with Crippen LogP contribution in [0.4, 0.5) is 5.69 Å². The van der Waals surface area contributed by atoms with E-state index in [1.807, 2.05) is 62.4 Å². The summed E-state index contributed by atoms with van der Waals surface area (Å²) in [5.41, 5.74) is 1.67. The van der Waals surface area contributed by atoms with Crippen LogP contribution in [0.5, 0.6) is 11.5 Å². The molecule has 2 rings (SSSR count). The monoisotopic (exact) mass is 299 g/mol. The Labute approximate surface area is 131 Å². The third kappa shape index (κ3) is 4.81. The predicted octanol–water partition coefficient (Wildman–Crippen LogP) is 3.66. The molecule has 0 unspecified atom stereocenters. The first-order chi connectivity index (χ1) is 10.6. The summed E-state index contributed by atoms with van der Waals surface area (Å²) >= 11 is 0. The molecule has 2 aromatic rings. The van der Waals surface area contributed by atoms with Gasteiger partial charge < -0.3 is 14.8 Å². The van der Waals surface area contributed by atoms with Crippen molar-refractivity contribution in [2.24, 2.45) is 0 Å². The highest BCUT2D eigenvalue weighted by Crippen LogP contribution is 2.19. The second-order valence-electron chi connectivity index (χ2n) is 5.27. The third-order valence-corrected chi connectivity index (χ3v) is 3.01. The van der Waals surface area contributed by atoms with Crippen LogP contribution in [0, 0.1) is 0 Å². The van der Waals surface area contributed by atoms with Gasteiger partial charge in [0.1, 0.15) is 11.5 Å². The van der Waals surface area contributed by atoms with Crippen molar-refractivity contribution in [2.75, 3.05) is 12.4 Å². The molecular formula is C18H21NO3. The Balaban J connectivity index is 1.96. The van der Waals surface area contributed by atoms with Crippen LogP contribution in [0.2, 0.25) is 0 Å². The van der Waals surface area contributed by atoms with Crippen LogP contribution in [0.25, 0.3) is 0 Å². The summed E-state index contributed by atoms with van der Waals surface area (Å²) in [5, 5.41) is 2.88. The van der Waals surface area contributed by atoms with Crippen molar-refractivity contribution < 1.29 is 14.3 Å². The molecule has 0 bridgehead atoms. The fourth-order valence-electron chi connectivity index (χ4n) is 2.05. The van der Waals surface area contributed by atoms with E-state index in [0.29, 0.717) is 6.42 Å². The number of methoxy groups -OCH3 is 1. The van der Waals surface area contributed by atoms with Gasteiger partial charge in [-0.1, -0.05) is 18.2 Å². The minimum atomic E-state index is -0.0631. The van der Waals surface area contributed by atoms with Gasteiger partial charge in [-0.3, -0.25) is 4.79 Å². The molecular weight excluding hydrogens is 278 g/mol. The molecule has 0 fully saturated rings. The Kier molecular flexibility index (Phi) is 5.42. The Morgan fingerprint density at radius 1 is 1.09 bits per heavy atom. The van der Waals surface area contributed by atoms with Crippen LogP contribution < -0.4 is 14.8 Å². The molecule has 0 aliphatic rings. The first-order valence-electron chi connectivity index (χ1n) is 7.26. The Hall–Kier alpha value is -2.49. The van der Waals surface area contributed by atoms with E-state index in [1.54, 1.807) is 7.11 Å². The van der Waals surface area contributed by atoms with Gasteiger partial charge in [0.05, 0.1) is 19.6 Å². The second-order valence-corrected chi connectivity index (χ2v) is 5.27. The normalized spacial score (nSPS) is 10.4. The summed E-state index contributed by atoms with van der Waals surface area (Å²) in [6, 6.07) is 14.9. The van der Waals surface area contributed by atoms with E-state index in [0.717, 1.165) is 22.7 Å². The SMILES string of the molecule is COc1ccc(CC(=O)Nc2cccc(OC(C)C)c2)cc1. The van der Waals surface area contributed by atoms with Crippen molar-refractivity contribution in [1.29, 1.82) is 0 Å². The summed E-state index contributed by atoms with van der Waals surface area (Å²) < 4.78 is 10.7. The predicted molar refractivity (Wildman–Crippen MR) is 87.5 cm³/mol. The van der Waals surface area contributed by atoms with E-state index >= 15 is 0 Å². The number of ether oxygens (including phenoxy) is 2. The van der Waals surface area contributed by atoms with Crippen LogP contribution in [0.15, 0.2) is 48.5 Å². The fourth-order valence-corrected chi connectivity index (χ4v) is 2.05. The zero-order chi connectivity index (χ0) is 15.9. The molecule has 0 radical (unpaired) electrons. The van der Waals surface area contributed by atoms with Gasteiger partial charge in [-0.25, -0.2) is 0 Å². The van der Waals surface area contributed by atoms with Crippen molar-refractivity contribution in [2.45, 2.75) is 26.4 Å². The zero-order valence-corrected chi connectivity index (χ0v) is 13.1. The van der Waals surface area contributed by atoms with Gasteiger partial charge in [0.15, 0.2) is 0 Å². The summed E-state index contributed by atoms with van der Waals surface area (Å²) in [4.78, 5) is 12.1. The molecule has 116 valence electrons. The van der Waals surface area contributed by atoms with Gasteiger partial charge in [-0.15, -0.1) is 0 Å². The molecule has 1 N–H and O–H groups in total. The lowest BCUT2D eigenvalue weighted by Crippen LogP contribution is -2.14. The van der Waals surface area contributed by atoms with Gasteiger partial charge in [0, 0.05) is 11.8 Å². The topological polar surface area (TPSA) is 47.6 Å². The fraction of sp³-hybridized carbons (Fsp3) is 0.278. The molecule has 4 nitrogen and oxygen atoms in total. The van der Waals surface area contributed by atoms with Crippen molar-refractivity contribution in [3.05, 3.63) is 54.1 Å². The van der Waals surface area contributed by atoms with E-state index < -0.39 is 0 Å². The van der Waals surface area contributed by atoms with Crippen molar-refractivity contribution in [3.8, 4) is 11.5 Å². The molecule has 0 spiro atoms. The summed E-state index contributed by atoms with van der Waals surface area (Å²) in [5.74, 6) is 1.46. The highest BCUT2D eigenvalue weighted by Gasteiger charge is 2.06. The summed E-state index contributed by atoms with van der Waals surface area (Å²) in [6.45, 7) is 3.93. The Morgan fingerprint density at radius 2 is 1.82 bits per heavy atom. The molecule has 0 aliphatic heterocycles. The number of hydrogen-bond donors (Lipinski definition) is 1. The second kappa shape index (κ2) is 7.50. The maximum Gasteiger partial charge on any atom is 0.228 e. The van der Waals surface area contributed by atoms with E-state index in [-0.39, 0.29) is 12.0 Å². The molecule has 4 heteroatoms. The Bertz CT molecular complexity index is 620. The average Bonchev–Trinajstić information content (AvgIpc) is 2.47. The number of benzene rings is 2. The van der Waals surface area contributed by atoms with Gasteiger partial charge >= 0.3 is 0 Å². The lowest BCUT2D eigenvalue weighted by atomic mass is 10.1. The van der Waals surface area contributed by atoms with Crippen LogP contribution >= 0.6 is 0 Å². The van der Waals surface area contributed by atoms with E-state index in [9.17, 15) is 4.79 Å². The standard InChI is InChI=1S/C18H21NO3/c1-13(2)22-17-6-4-5-15(12-17)19-18(20)11-14-7-9-16(21-3)10-8-14/h4-10,12-13H,11H2,1-3H3,(H,19,20). The van der Waals surface area contributed by atoms with E-state index in [4.69, 9.17) is 9.47 Å². The molecule has 1 amide bonds. The summed E-state index contributed by atoms with van der Waals surface area (Å²) in [7, 11) is 1.62. The van der Waals surface area contributed by atoms with Gasteiger partial charge in [0.25, 0.3) is 0 Å². The van der Waals surface area contributed by atoms with E-state index in [2.05, 4.69) is 5.32 Å². The quantitative estimate of drug-likeness (QED) is 0.885. The maximum atomic E-state index is 12.1. The van der Waals surface area contributed by atoms with Crippen LogP contribution in [0.3, 0.4) is 0 Å². The molecule has 0 saturated carbocycles. The largest absolute Gasteiger partial charge is 0.497 e. The molecule has 0 aliphatic carbocycles. The van der Waals surface area contributed by atoms with Gasteiger partial charge in [0.2, 0.25) is 5.91 Å². The molecule has 0 heterocycles. The highest BCUT2D eigenvalue weighted by atomic mass is 16.5. The molecule has 0 saturated heterocycles. The van der Waals surface area contributed by atoms with Crippen LogP contribution in [0.1, 0.15) is 19.4 Å². The number of carbonyl (C=O) groups excluding carboxylic acids is 1. The smallest absolute Gasteiger partial charge is 0.228 e. The highest BCUT2D eigenvalue weighted by molar-refractivity contribution is 5.92. The van der Waals surface area contributed by atoms with Crippen molar-refractivity contribution in [1.82, 2.24) is 0 Å². The van der Waals surface area contributed by atoms with Crippen molar-refractivity contribution in [3.63, 3.8) is 0 Å². The number of hydrogen-bond acceptors (Lipinski definition) is 3. The zero-order valence-electron chi connectivity index (χ0n) is 13.1. The minimum absolute atomic E-state index is 0.0631. The lowest BCUT2D eigenvalue weighted by Gasteiger charge is -2.11. The number of carbonyl (C=O) groups is 1. The van der Waals surface area contributed by atoms with Crippen LogP contribution in [-0.4, -0.2) is 19.1 Å². The van der Waals surface area contributed by atoms with E-state index in [1.165, 1.54) is 0 Å². The molecule has 22 heavy (non-hydrogen) atoms. The lowest BCUT2D eigenvalue weighted by molar-refractivity contribution is -0.115. The first kappa shape index (κ1) is 15.9. The number of anilines is 1. The minimum Gasteiger partial charge on any atom is -0.497 e. The molecule has 0 atom stereocenters. The number of nitrogens with one attached hydrogen (secondary N) is 1. The first-order valence-corrected chi connectivity index (χ1v) is 7.26. The molecule has 0 aromatic heterocycles. The average molecular weight is 299 g/mol. The van der Waals surface area contributed by atoms with Gasteiger partial charge in [-0.05, 0) is 43.7 Å². The number of rotatable bonds is 6. The van der Waals surface area contributed by atoms with Crippen LogP contribution in [-0.2, 0) is 11.2 Å².